The zero-order valence-electron chi connectivity index (χ0n) is 9.46. The molecular formula is C11H12F5N. The summed E-state index contributed by atoms with van der Waals surface area (Å²) >= 11 is 0. The van der Waals surface area contributed by atoms with Crippen molar-refractivity contribution >= 4 is 5.69 Å². The second-order valence-corrected chi connectivity index (χ2v) is 3.50. The average Bonchev–Trinajstić information content (AvgIpc) is 2.33. The summed E-state index contributed by atoms with van der Waals surface area (Å²) in [6.07, 6.45) is 0.535. The first-order valence-electron chi connectivity index (χ1n) is 5.22. The lowest BCUT2D eigenvalue weighted by molar-refractivity contribution is 0.378. The third kappa shape index (κ3) is 2.35. The molecule has 0 radical (unpaired) electrons. The standard InChI is InChI=1S/C11H12F5N/c1-3-5-17(4-2)11-9(15)7(13)6(12)8(14)10(11)16/h3-5H2,1-2H3. The summed E-state index contributed by atoms with van der Waals surface area (Å²) in [6, 6.07) is 0. The van der Waals surface area contributed by atoms with Gasteiger partial charge in [-0.25, -0.2) is 22.0 Å². The fraction of sp³-hybridized carbons (Fsp3) is 0.455. The highest BCUT2D eigenvalue weighted by Crippen LogP contribution is 2.30. The Hall–Kier alpha value is -1.33. The van der Waals surface area contributed by atoms with E-state index in [2.05, 4.69) is 0 Å². The maximum absolute atomic E-state index is 13.4. The molecule has 0 spiro atoms. The molecule has 0 aliphatic carbocycles. The molecule has 0 saturated heterocycles. The van der Waals surface area contributed by atoms with Crippen molar-refractivity contribution in [3.63, 3.8) is 0 Å². The highest BCUT2D eigenvalue weighted by Gasteiger charge is 2.28. The van der Waals surface area contributed by atoms with E-state index in [1.54, 1.807) is 13.8 Å². The molecule has 1 aromatic carbocycles. The van der Waals surface area contributed by atoms with Gasteiger partial charge in [0.05, 0.1) is 0 Å². The van der Waals surface area contributed by atoms with Crippen molar-refractivity contribution in [2.45, 2.75) is 20.3 Å². The lowest BCUT2D eigenvalue weighted by Crippen LogP contribution is -2.27. The minimum Gasteiger partial charge on any atom is -0.367 e. The monoisotopic (exact) mass is 253 g/mol. The van der Waals surface area contributed by atoms with Crippen LogP contribution in [0.5, 0.6) is 0 Å². The number of hydrogen-bond acceptors (Lipinski definition) is 1. The van der Waals surface area contributed by atoms with Crippen LogP contribution in [0.4, 0.5) is 27.6 Å². The molecule has 0 aliphatic heterocycles. The van der Waals surface area contributed by atoms with Crippen molar-refractivity contribution in [3.05, 3.63) is 29.1 Å². The molecule has 6 heteroatoms. The van der Waals surface area contributed by atoms with Crippen LogP contribution < -0.4 is 4.90 Å². The highest BCUT2D eigenvalue weighted by molar-refractivity contribution is 5.50. The fourth-order valence-corrected chi connectivity index (χ4v) is 1.57. The van der Waals surface area contributed by atoms with E-state index < -0.39 is 34.8 Å². The van der Waals surface area contributed by atoms with Crippen molar-refractivity contribution in [1.29, 1.82) is 0 Å². The van der Waals surface area contributed by atoms with E-state index in [4.69, 9.17) is 0 Å². The van der Waals surface area contributed by atoms with E-state index in [9.17, 15) is 22.0 Å². The van der Waals surface area contributed by atoms with Crippen LogP contribution in [0.2, 0.25) is 0 Å². The van der Waals surface area contributed by atoms with Crippen LogP contribution in [0.25, 0.3) is 0 Å². The van der Waals surface area contributed by atoms with E-state index in [0.717, 1.165) is 4.90 Å². The van der Waals surface area contributed by atoms with Gasteiger partial charge in [0.2, 0.25) is 5.82 Å². The summed E-state index contributed by atoms with van der Waals surface area (Å²) in [5.74, 6) is -9.51. The van der Waals surface area contributed by atoms with Gasteiger partial charge >= 0.3 is 0 Å². The predicted molar refractivity (Wildman–Crippen MR) is 54.4 cm³/mol. The minimum absolute atomic E-state index is 0.159. The molecule has 0 atom stereocenters. The fourth-order valence-electron chi connectivity index (χ4n) is 1.57. The molecule has 0 saturated carbocycles. The smallest absolute Gasteiger partial charge is 0.200 e. The van der Waals surface area contributed by atoms with Crippen molar-refractivity contribution in [1.82, 2.24) is 0 Å². The van der Waals surface area contributed by atoms with Gasteiger partial charge in [0, 0.05) is 13.1 Å². The molecule has 0 bridgehead atoms. The molecule has 0 fully saturated rings. The van der Waals surface area contributed by atoms with E-state index in [0.29, 0.717) is 6.42 Å². The Morgan fingerprint density at radius 2 is 1.18 bits per heavy atom. The first kappa shape index (κ1) is 13.7. The number of benzene rings is 1. The Morgan fingerprint density at radius 1 is 0.765 bits per heavy atom. The number of halogens is 5. The lowest BCUT2D eigenvalue weighted by Gasteiger charge is -2.23. The van der Waals surface area contributed by atoms with Crippen molar-refractivity contribution in [2.75, 3.05) is 18.0 Å². The van der Waals surface area contributed by atoms with Gasteiger partial charge in [-0.2, -0.15) is 0 Å². The molecule has 96 valence electrons. The molecule has 0 amide bonds. The quantitative estimate of drug-likeness (QED) is 0.450. The summed E-state index contributed by atoms with van der Waals surface area (Å²) in [7, 11) is 0. The van der Waals surface area contributed by atoms with E-state index in [-0.39, 0.29) is 13.1 Å². The van der Waals surface area contributed by atoms with E-state index in [1.165, 1.54) is 0 Å². The summed E-state index contributed by atoms with van der Waals surface area (Å²) in [4.78, 5) is 1.12. The van der Waals surface area contributed by atoms with Gasteiger partial charge in [-0.15, -0.1) is 0 Å². The SMILES string of the molecule is CCCN(CC)c1c(F)c(F)c(F)c(F)c1F. The molecule has 0 aromatic heterocycles. The number of rotatable bonds is 4. The van der Waals surface area contributed by atoms with Gasteiger partial charge in [-0.3, -0.25) is 0 Å². The first-order valence-corrected chi connectivity index (χ1v) is 5.22. The molecule has 0 unspecified atom stereocenters. The van der Waals surface area contributed by atoms with Crippen LogP contribution in [0.3, 0.4) is 0 Å². The number of anilines is 1. The summed E-state index contributed by atoms with van der Waals surface area (Å²) < 4.78 is 65.5. The third-order valence-electron chi connectivity index (χ3n) is 2.38. The van der Waals surface area contributed by atoms with Crippen LogP contribution in [0.15, 0.2) is 0 Å². The van der Waals surface area contributed by atoms with Crippen molar-refractivity contribution in [2.24, 2.45) is 0 Å². The molecule has 17 heavy (non-hydrogen) atoms. The molecule has 0 heterocycles. The van der Waals surface area contributed by atoms with Gasteiger partial charge in [-0.1, -0.05) is 6.92 Å². The maximum atomic E-state index is 13.4. The summed E-state index contributed by atoms with van der Waals surface area (Å²) in [6.45, 7) is 3.70. The molecular weight excluding hydrogens is 241 g/mol. The van der Waals surface area contributed by atoms with Gasteiger partial charge in [0.15, 0.2) is 23.3 Å². The van der Waals surface area contributed by atoms with Crippen LogP contribution in [0.1, 0.15) is 20.3 Å². The van der Waals surface area contributed by atoms with E-state index >= 15 is 0 Å². The molecule has 1 aromatic rings. The Morgan fingerprint density at radius 3 is 1.53 bits per heavy atom. The predicted octanol–water partition coefficient (Wildman–Crippen LogP) is 3.62. The maximum Gasteiger partial charge on any atom is 0.200 e. The Kier molecular flexibility index (Phi) is 4.31. The Labute approximate surface area is 95.8 Å². The average molecular weight is 253 g/mol. The zero-order valence-corrected chi connectivity index (χ0v) is 9.46. The van der Waals surface area contributed by atoms with Crippen LogP contribution >= 0.6 is 0 Å². The Balaban J connectivity index is 3.41. The minimum atomic E-state index is -2.13. The van der Waals surface area contributed by atoms with Gasteiger partial charge in [0.1, 0.15) is 5.69 Å². The second kappa shape index (κ2) is 5.33. The zero-order chi connectivity index (χ0) is 13.2. The van der Waals surface area contributed by atoms with Crippen LogP contribution in [-0.2, 0) is 0 Å². The van der Waals surface area contributed by atoms with Crippen molar-refractivity contribution in [3.8, 4) is 0 Å². The summed E-state index contributed by atoms with van der Waals surface area (Å²) in [5.41, 5.74) is -0.856. The highest BCUT2D eigenvalue weighted by atomic mass is 19.2. The molecule has 1 nitrogen and oxygen atoms in total. The molecule has 0 aliphatic rings. The second-order valence-electron chi connectivity index (χ2n) is 3.50. The molecule has 1 rings (SSSR count). The Bertz CT molecular complexity index is 390. The first-order chi connectivity index (χ1) is 7.95. The number of hydrogen-bond donors (Lipinski definition) is 0. The largest absolute Gasteiger partial charge is 0.367 e. The normalized spacial score (nSPS) is 10.8. The summed E-state index contributed by atoms with van der Waals surface area (Å²) in [5, 5.41) is 0. The van der Waals surface area contributed by atoms with Crippen LogP contribution in [0, 0.1) is 29.1 Å². The molecule has 0 N–H and O–H groups in total. The van der Waals surface area contributed by atoms with E-state index in [1.807, 2.05) is 0 Å². The van der Waals surface area contributed by atoms with Crippen LogP contribution in [-0.4, -0.2) is 13.1 Å². The van der Waals surface area contributed by atoms with Crippen molar-refractivity contribution < 1.29 is 22.0 Å². The third-order valence-corrected chi connectivity index (χ3v) is 2.38. The topological polar surface area (TPSA) is 3.24 Å². The lowest BCUT2D eigenvalue weighted by atomic mass is 10.2. The van der Waals surface area contributed by atoms with Gasteiger partial charge in [0.25, 0.3) is 0 Å². The number of nitrogens with zero attached hydrogens (tertiary/aromatic N) is 1. The van der Waals surface area contributed by atoms with Gasteiger partial charge in [-0.05, 0) is 13.3 Å². The van der Waals surface area contributed by atoms with Gasteiger partial charge < -0.3 is 4.90 Å².